The van der Waals surface area contributed by atoms with Crippen molar-refractivity contribution in [3.63, 3.8) is 0 Å². The highest BCUT2D eigenvalue weighted by molar-refractivity contribution is 7.98. The third-order valence-corrected chi connectivity index (χ3v) is 3.77. The minimum Gasteiger partial charge on any atom is -0.398 e. The van der Waals surface area contributed by atoms with Crippen LogP contribution in [-0.2, 0) is 0 Å². The van der Waals surface area contributed by atoms with Crippen LogP contribution in [0.4, 0.5) is 11.4 Å². The molecule has 0 saturated heterocycles. The molecule has 0 atom stereocenters. The van der Waals surface area contributed by atoms with Crippen LogP contribution >= 0.6 is 11.8 Å². The number of nitrogens with one attached hydrogen (secondary N) is 1. The molecule has 0 aromatic heterocycles. The zero-order valence-electron chi connectivity index (χ0n) is 10.9. The molecule has 1 amide bonds. The SMILES string of the molecule is CSc1ccccc1NC(=O)c1cccc(N)c1C. The number of carbonyl (C=O) groups is 1. The number of para-hydroxylation sites is 1. The van der Waals surface area contributed by atoms with Crippen molar-refractivity contribution >= 4 is 29.0 Å². The molecule has 0 spiro atoms. The smallest absolute Gasteiger partial charge is 0.256 e. The third kappa shape index (κ3) is 2.90. The van der Waals surface area contributed by atoms with Crippen LogP contribution in [-0.4, -0.2) is 12.2 Å². The van der Waals surface area contributed by atoms with Crippen molar-refractivity contribution in [2.24, 2.45) is 0 Å². The highest BCUT2D eigenvalue weighted by Crippen LogP contribution is 2.25. The lowest BCUT2D eigenvalue weighted by Gasteiger charge is -2.11. The molecule has 4 heteroatoms. The number of benzene rings is 2. The van der Waals surface area contributed by atoms with E-state index in [9.17, 15) is 4.79 Å². The average molecular weight is 272 g/mol. The summed E-state index contributed by atoms with van der Waals surface area (Å²) in [6.07, 6.45) is 1.98. The molecule has 0 aliphatic heterocycles. The van der Waals surface area contributed by atoms with E-state index < -0.39 is 0 Å². The van der Waals surface area contributed by atoms with Crippen LogP contribution in [0.2, 0.25) is 0 Å². The minimum absolute atomic E-state index is 0.133. The molecule has 0 saturated carbocycles. The fourth-order valence-electron chi connectivity index (χ4n) is 1.84. The molecule has 0 aliphatic rings. The van der Waals surface area contributed by atoms with Gasteiger partial charge in [-0.3, -0.25) is 4.79 Å². The lowest BCUT2D eigenvalue weighted by Crippen LogP contribution is -2.14. The zero-order chi connectivity index (χ0) is 13.8. The number of rotatable bonds is 3. The summed E-state index contributed by atoms with van der Waals surface area (Å²) >= 11 is 1.60. The van der Waals surface area contributed by atoms with Crippen LogP contribution in [0.25, 0.3) is 0 Å². The van der Waals surface area contributed by atoms with Gasteiger partial charge < -0.3 is 11.1 Å². The van der Waals surface area contributed by atoms with E-state index in [1.165, 1.54) is 0 Å². The fraction of sp³-hybridized carbons (Fsp3) is 0.133. The largest absolute Gasteiger partial charge is 0.398 e. The second kappa shape index (κ2) is 5.80. The van der Waals surface area contributed by atoms with E-state index in [1.54, 1.807) is 30.0 Å². The number of amides is 1. The predicted octanol–water partition coefficient (Wildman–Crippen LogP) is 3.55. The minimum atomic E-state index is -0.133. The fourth-order valence-corrected chi connectivity index (χ4v) is 2.39. The van der Waals surface area contributed by atoms with Crippen molar-refractivity contribution in [2.45, 2.75) is 11.8 Å². The Labute approximate surface area is 117 Å². The van der Waals surface area contributed by atoms with E-state index in [-0.39, 0.29) is 5.91 Å². The lowest BCUT2D eigenvalue weighted by atomic mass is 10.1. The Bertz CT molecular complexity index is 611. The first kappa shape index (κ1) is 13.5. The van der Waals surface area contributed by atoms with Gasteiger partial charge in [0.1, 0.15) is 0 Å². The monoisotopic (exact) mass is 272 g/mol. The molecule has 3 nitrogen and oxygen atoms in total. The number of hydrogen-bond acceptors (Lipinski definition) is 3. The number of carbonyl (C=O) groups excluding carboxylic acids is 1. The van der Waals surface area contributed by atoms with E-state index in [0.717, 1.165) is 16.1 Å². The Morgan fingerprint density at radius 2 is 1.89 bits per heavy atom. The number of thioether (sulfide) groups is 1. The molecule has 19 heavy (non-hydrogen) atoms. The molecule has 2 rings (SSSR count). The molecule has 3 N–H and O–H groups in total. The Hall–Kier alpha value is -1.94. The molecule has 0 aliphatic carbocycles. The van der Waals surface area contributed by atoms with Crippen molar-refractivity contribution in [3.05, 3.63) is 53.6 Å². The second-order valence-electron chi connectivity index (χ2n) is 4.17. The number of anilines is 2. The average Bonchev–Trinajstić information content (AvgIpc) is 2.42. The van der Waals surface area contributed by atoms with Gasteiger partial charge in [-0.25, -0.2) is 0 Å². The molecule has 0 bridgehead atoms. The summed E-state index contributed by atoms with van der Waals surface area (Å²) in [5.74, 6) is -0.133. The molecule has 0 unspecified atom stereocenters. The number of nitrogen functional groups attached to an aromatic ring is 1. The molecule has 2 aromatic carbocycles. The van der Waals surface area contributed by atoms with Gasteiger partial charge in [0.05, 0.1) is 5.69 Å². The summed E-state index contributed by atoms with van der Waals surface area (Å²) in [7, 11) is 0. The topological polar surface area (TPSA) is 55.1 Å². The first-order valence-corrected chi connectivity index (χ1v) is 7.15. The number of nitrogens with two attached hydrogens (primary N) is 1. The van der Waals surface area contributed by atoms with Crippen LogP contribution in [0.1, 0.15) is 15.9 Å². The summed E-state index contributed by atoms with van der Waals surface area (Å²) in [6.45, 7) is 1.85. The third-order valence-electron chi connectivity index (χ3n) is 2.98. The summed E-state index contributed by atoms with van der Waals surface area (Å²) in [4.78, 5) is 13.3. The van der Waals surface area contributed by atoms with Crippen LogP contribution in [0.15, 0.2) is 47.4 Å². The van der Waals surface area contributed by atoms with Gasteiger partial charge in [-0.2, -0.15) is 0 Å². The molecule has 0 heterocycles. The van der Waals surface area contributed by atoms with E-state index in [1.807, 2.05) is 37.4 Å². The lowest BCUT2D eigenvalue weighted by molar-refractivity contribution is 0.102. The van der Waals surface area contributed by atoms with Gasteiger partial charge in [0.25, 0.3) is 5.91 Å². The molecule has 2 aromatic rings. The van der Waals surface area contributed by atoms with E-state index in [0.29, 0.717) is 11.3 Å². The Kier molecular flexibility index (Phi) is 4.12. The normalized spacial score (nSPS) is 10.2. The van der Waals surface area contributed by atoms with E-state index in [4.69, 9.17) is 5.73 Å². The molecular weight excluding hydrogens is 256 g/mol. The van der Waals surface area contributed by atoms with Gasteiger partial charge in [0, 0.05) is 16.1 Å². The van der Waals surface area contributed by atoms with E-state index in [2.05, 4.69) is 5.32 Å². The maximum atomic E-state index is 12.3. The summed E-state index contributed by atoms with van der Waals surface area (Å²) < 4.78 is 0. The highest BCUT2D eigenvalue weighted by atomic mass is 32.2. The molecule has 0 fully saturated rings. The summed E-state index contributed by atoms with van der Waals surface area (Å²) in [5.41, 5.74) is 8.69. The Morgan fingerprint density at radius 1 is 1.16 bits per heavy atom. The molecular formula is C15H16N2OS. The van der Waals surface area contributed by atoms with Gasteiger partial charge in [-0.05, 0) is 43.0 Å². The quantitative estimate of drug-likeness (QED) is 0.663. The van der Waals surface area contributed by atoms with Gasteiger partial charge >= 0.3 is 0 Å². The Balaban J connectivity index is 2.28. The van der Waals surface area contributed by atoms with Crippen molar-refractivity contribution in [1.82, 2.24) is 0 Å². The van der Waals surface area contributed by atoms with Crippen LogP contribution < -0.4 is 11.1 Å². The van der Waals surface area contributed by atoms with Gasteiger partial charge in [0.2, 0.25) is 0 Å². The predicted molar refractivity (Wildman–Crippen MR) is 81.8 cm³/mol. The van der Waals surface area contributed by atoms with Crippen molar-refractivity contribution < 1.29 is 4.79 Å². The van der Waals surface area contributed by atoms with Crippen molar-refractivity contribution in [3.8, 4) is 0 Å². The van der Waals surface area contributed by atoms with Gasteiger partial charge in [0.15, 0.2) is 0 Å². The van der Waals surface area contributed by atoms with Crippen LogP contribution in [0, 0.1) is 6.92 Å². The van der Waals surface area contributed by atoms with Crippen LogP contribution in [0.5, 0.6) is 0 Å². The maximum absolute atomic E-state index is 12.3. The van der Waals surface area contributed by atoms with Gasteiger partial charge in [-0.15, -0.1) is 11.8 Å². The zero-order valence-corrected chi connectivity index (χ0v) is 11.8. The summed E-state index contributed by atoms with van der Waals surface area (Å²) in [6, 6.07) is 13.1. The standard InChI is InChI=1S/C15H16N2OS/c1-10-11(6-5-7-12(10)16)15(18)17-13-8-3-4-9-14(13)19-2/h3-9H,16H2,1-2H3,(H,17,18). The maximum Gasteiger partial charge on any atom is 0.256 e. The van der Waals surface area contributed by atoms with Crippen molar-refractivity contribution in [2.75, 3.05) is 17.3 Å². The highest BCUT2D eigenvalue weighted by Gasteiger charge is 2.12. The first-order valence-electron chi connectivity index (χ1n) is 5.93. The van der Waals surface area contributed by atoms with E-state index >= 15 is 0 Å². The number of hydrogen-bond donors (Lipinski definition) is 2. The molecule has 0 radical (unpaired) electrons. The molecule has 98 valence electrons. The van der Waals surface area contributed by atoms with Crippen molar-refractivity contribution in [1.29, 1.82) is 0 Å². The van der Waals surface area contributed by atoms with Gasteiger partial charge in [-0.1, -0.05) is 18.2 Å². The second-order valence-corrected chi connectivity index (χ2v) is 5.02. The Morgan fingerprint density at radius 3 is 2.63 bits per heavy atom. The van der Waals surface area contributed by atoms with Crippen LogP contribution in [0.3, 0.4) is 0 Å². The summed E-state index contributed by atoms with van der Waals surface area (Å²) in [5, 5.41) is 2.93. The first-order chi connectivity index (χ1) is 9.13.